The number of carbonyl (C=O) groups excluding carboxylic acids is 1. The van der Waals surface area contributed by atoms with Gasteiger partial charge in [-0.2, -0.15) is 10.5 Å². The van der Waals surface area contributed by atoms with E-state index in [4.69, 9.17) is 9.15 Å². The number of hydrogen-bond donors (Lipinski definition) is 1. The smallest absolute Gasteiger partial charge is 0.273 e. The van der Waals surface area contributed by atoms with Crippen molar-refractivity contribution in [3.63, 3.8) is 0 Å². The average molecular weight is 474 g/mol. The second-order valence-electron chi connectivity index (χ2n) is 7.49. The van der Waals surface area contributed by atoms with Gasteiger partial charge in [0.2, 0.25) is 0 Å². The maximum Gasteiger partial charge on any atom is 0.273 e. The molecule has 0 bridgehead atoms. The summed E-state index contributed by atoms with van der Waals surface area (Å²) in [4.78, 5) is 24.4. The van der Waals surface area contributed by atoms with Crippen molar-refractivity contribution in [3.05, 3.63) is 67.8 Å². The lowest BCUT2D eigenvalue weighted by atomic mass is 9.96. The highest BCUT2D eigenvalue weighted by molar-refractivity contribution is 7.16. The van der Waals surface area contributed by atoms with Gasteiger partial charge in [0, 0.05) is 17.0 Å². The number of anilines is 1. The summed E-state index contributed by atoms with van der Waals surface area (Å²) < 4.78 is 11.0. The summed E-state index contributed by atoms with van der Waals surface area (Å²) in [6.45, 7) is 0. The van der Waals surface area contributed by atoms with Crippen LogP contribution in [0.15, 0.2) is 40.3 Å². The highest BCUT2D eigenvalue weighted by Gasteiger charge is 2.23. The zero-order valence-corrected chi connectivity index (χ0v) is 18.9. The van der Waals surface area contributed by atoms with Crippen molar-refractivity contribution >= 4 is 34.0 Å². The molecular weight excluding hydrogens is 456 g/mol. The molecule has 0 aliphatic heterocycles. The molecule has 4 rings (SSSR count). The third-order valence-electron chi connectivity index (χ3n) is 5.45. The van der Waals surface area contributed by atoms with Crippen molar-refractivity contribution in [1.82, 2.24) is 0 Å². The molecule has 10 heteroatoms. The van der Waals surface area contributed by atoms with E-state index in [1.165, 1.54) is 42.7 Å². The number of furan rings is 1. The number of nitro benzene ring substituents is 1. The first kappa shape index (κ1) is 22.8. The Labute approximate surface area is 198 Å². The normalized spacial score (nSPS) is 12.9. The van der Waals surface area contributed by atoms with Crippen molar-refractivity contribution < 1.29 is 18.9 Å². The fourth-order valence-corrected chi connectivity index (χ4v) is 5.04. The molecule has 2 heterocycles. The molecule has 0 spiro atoms. The SMILES string of the molecule is COc1cc([N+](=O)[O-])ccc1-c1ccc(/C=C(\C#N)C(=O)Nc2sc3c(c2C#N)CCCC3)o1. The first-order valence-corrected chi connectivity index (χ1v) is 11.2. The van der Waals surface area contributed by atoms with Crippen LogP contribution < -0.4 is 10.1 Å². The van der Waals surface area contributed by atoms with Crippen LogP contribution in [0.4, 0.5) is 10.7 Å². The Morgan fingerprint density at radius 2 is 2.06 bits per heavy atom. The number of benzene rings is 1. The molecule has 0 atom stereocenters. The first-order chi connectivity index (χ1) is 16.4. The Hall–Kier alpha value is -4.41. The first-order valence-electron chi connectivity index (χ1n) is 10.4. The number of carbonyl (C=O) groups is 1. The number of fused-ring (bicyclic) bond motifs is 1. The van der Waals surface area contributed by atoms with Crippen molar-refractivity contribution in [2.75, 3.05) is 12.4 Å². The van der Waals surface area contributed by atoms with Crippen LogP contribution in [0.1, 0.15) is 34.6 Å². The number of nitrogens with one attached hydrogen (secondary N) is 1. The molecular formula is C24H18N4O5S. The Morgan fingerprint density at radius 1 is 1.26 bits per heavy atom. The Morgan fingerprint density at radius 3 is 2.76 bits per heavy atom. The van der Waals surface area contributed by atoms with Crippen LogP contribution in [0, 0.1) is 32.8 Å². The molecule has 0 fully saturated rings. The van der Waals surface area contributed by atoms with Gasteiger partial charge in [-0.25, -0.2) is 0 Å². The van der Waals surface area contributed by atoms with Gasteiger partial charge in [0.15, 0.2) is 0 Å². The van der Waals surface area contributed by atoms with E-state index in [0.29, 0.717) is 21.9 Å². The summed E-state index contributed by atoms with van der Waals surface area (Å²) in [5, 5.41) is 33.3. The molecule has 170 valence electrons. The summed E-state index contributed by atoms with van der Waals surface area (Å²) in [5.74, 6) is 0.216. The molecule has 1 aromatic carbocycles. The van der Waals surface area contributed by atoms with Gasteiger partial charge in [-0.3, -0.25) is 14.9 Å². The summed E-state index contributed by atoms with van der Waals surface area (Å²) in [6.07, 6.45) is 5.06. The predicted octanol–water partition coefficient (Wildman–Crippen LogP) is 5.22. The van der Waals surface area contributed by atoms with Gasteiger partial charge >= 0.3 is 0 Å². The minimum Gasteiger partial charge on any atom is -0.496 e. The van der Waals surface area contributed by atoms with Gasteiger partial charge in [-0.1, -0.05) is 0 Å². The fourth-order valence-electron chi connectivity index (χ4n) is 3.81. The van der Waals surface area contributed by atoms with Gasteiger partial charge in [-0.15, -0.1) is 11.3 Å². The Kier molecular flexibility index (Phi) is 6.44. The summed E-state index contributed by atoms with van der Waals surface area (Å²) in [6, 6.07) is 11.4. The standard InChI is InChI=1S/C24H18N4O5S/c1-32-21-11-15(28(30)31)6-8-18(21)20-9-7-16(33-20)10-14(12-25)23(29)27-24-19(13-26)17-4-2-3-5-22(17)34-24/h6-11H,2-5H2,1H3,(H,27,29)/b14-10+. The van der Waals surface area contributed by atoms with E-state index in [1.54, 1.807) is 12.1 Å². The maximum atomic E-state index is 12.8. The van der Waals surface area contributed by atoms with Crippen molar-refractivity contribution in [2.45, 2.75) is 25.7 Å². The van der Waals surface area contributed by atoms with E-state index in [2.05, 4.69) is 11.4 Å². The summed E-state index contributed by atoms with van der Waals surface area (Å²) >= 11 is 1.38. The number of aryl methyl sites for hydroxylation is 1. The Balaban J connectivity index is 1.58. The van der Waals surface area contributed by atoms with E-state index in [0.717, 1.165) is 36.1 Å². The minimum atomic E-state index is -0.636. The number of non-ortho nitro benzene ring substituents is 1. The summed E-state index contributed by atoms with van der Waals surface area (Å²) in [7, 11) is 1.39. The molecule has 1 aliphatic rings. The maximum absolute atomic E-state index is 12.8. The fraction of sp³-hybridized carbons (Fsp3) is 0.208. The van der Waals surface area contributed by atoms with Crippen LogP contribution in [0.5, 0.6) is 5.75 Å². The van der Waals surface area contributed by atoms with Crippen LogP contribution in [0.3, 0.4) is 0 Å². The average Bonchev–Trinajstić information content (AvgIpc) is 3.45. The number of methoxy groups -OCH3 is 1. The van der Waals surface area contributed by atoms with Crippen molar-refractivity contribution in [3.8, 4) is 29.2 Å². The number of nitro groups is 1. The van der Waals surface area contributed by atoms with Crippen molar-refractivity contribution in [1.29, 1.82) is 10.5 Å². The molecule has 1 amide bonds. The van der Waals surface area contributed by atoms with Crippen LogP contribution in [-0.2, 0) is 17.6 Å². The lowest BCUT2D eigenvalue weighted by Gasteiger charge is -2.09. The molecule has 0 saturated heterocycles. The molecule has 2 aromatic heterocycles. The van der Waals surface area contributed by atoms with Gasteiger partial charge in [0.1, 0.15) is 40.0 Å². The van der Waals surface area contributed by atoms with Crippen LogP contribution in [-0.4, -0.2) is 17.9 Å². The number of ether oxygens (including phenoxy) is 1. The molecule has 34 heavy (non-hydrogen) atoms. The lowest BCUT2D eigenvalue weighted by Crippen LogP contribution is -2.13. The summed E-state index contributed by atoms with van der Waals surface area (Å²) in [5.41, 5.74) is 1.63. The number of nitriles is 2. The quantitative estimate of drug-likeness (QED) is 0.223. The van der Waals surface area contributed by atoms with Gasteiger partial charge in [0.05, 0.1) is 29.2 Å². The largest absolute Gasteiger partial charge is 0.496 e. The second-order valence-corrected chi connectivity index (χ2v) is 8.60. The number of amides is 1. The number of hydrogen-bond acceptors (Lipinski definition) is 8. The zero-order valence-electron chi connectivity index (χ0n) is 18.1. The highest BCUT2D eigenvalue weighted by Crippen LogP contribution is 2.38. The van der Waals surface area contributed by atoms with Crippen LogP contribution >= 0.6 is 11.3 Å². The molecule has 0 radical (unpaired) electrons. The number of nitrogens with zero attached hydrogens (tertiary/aromatic N) is 3. The number of rotatable bonds is 6. The van der Waals surface area contributed by atoms with E-state index in [9.17, 15) is 25.4 Å². The second kappa shape index (κ2) is 9.61. The topological polar surface area (TPSA) is 142 Å². The predicted molar refractivity (Wildman–Crippen MR) is 125 cm³/mol. The molecule has 0 saturated carbocycles. The van der Waals surface area contributed by atoms with E-state index >= 15 is 0 Å². The van der Waals surface area contributed by atoms with Gasteiger partial charge in [-0.05, 0) is 49.4 Å². The van der Waals surface area contributed by atoms with Gasteiger partial charge in [0.25, 0.3) is 11.6 Å². The molecule has 0 unspecified atom stereocenters. The Bertz CT molecular complexity index is 1400. The van der Waals surface area contributed by atoms with Crippen molar-refractivity contribution in [2.24, 2.45) is 0 Å². The van der Waals surface area contributed by atoms with E-state index in [1.807, 2.05) is 6.07 Å². The van der Waals surface area contributed by atoms with Crippen LogP contribution in [0.2, 0.25) is 0 Å². The minimum absolute atomic E-state index is 0.122. The molecule has 1 aliphatic carbocycles. The monoisotopic (exact) mass is 474 g/mol. The zero-order chi connectivity index (χ0) is 24.2. The molecule has 3 aromatic rings. The van der Waals surface area contributed by atoms with Gasteiger partial charge < -0.3 is 14.5 Å². The lowest BCUT2D eigenvalue weighted by molar-refractivity contribution is -0.384. The third-order valence-corrected chi connectivity index (χ3v) is 6.66. The molecule has 1 N–H and O–H groups in total. The third kappa shape index (κ3) is 4.40. The molecule has 9 nitrogen and oxygen atoms in total. The number of thiophene rings is 1. The van der Waals surface area contributed by atoms with E-state index in [-0.39, 0.29) is 22.8 Å². The van der Waals surface area contributed by atoms with E-state index < -0.39 is 10.8 Å². The highest BCUT2D eigenvalue weighted by atomic mass is 32.1. The van der Waals surface area contributed by atoms with Crippen LogP contribution in [0.25, 0.3) is 17.4 Å².